The van der Waals surface area contributed by atoms with E-state index in [1.54, 1.807) is 0 Å². The maximum absolute atomic E-state index is 4.02. The first-order chi connectivity index (χ1) is 8.42. The quantitative estimate of drug-likeness (QED) is 0.663. The van der Waals surface area contributed by atoms with Gasteiger partial charge in [0.25, 0.3) is 0 Å². The summed E-state index contributed by atoms with van der Waals surface area (Å²) in [4.78, 5) is 2.89. The van der Waals surface area contributed by atoms with Crippen molar-refractivity contribution >= 4 is 18.9 Å². The number of rotatable bonds is 5. The van der Waals surface area contributed by atoms with E-state index in [1.165, 1.54) is 77.2 Å². The van der Waals surface area contributed by atoms with Gasteiger partial charge in [-0.2, -0.15) is 0 Å². The van der Waals surface area contributed by atoms with Crippen LogP contribution in [0.25, 0.3) is 0 Å². The predicted molar refractivity (Wildman–Crippen MR) is 82.2 cm³/mol. The summed E-state index contributed by atoms with van der Waals surface area (Å²) < 4.78 is 0. The van der Waals surface area contributed by atoms with Gasteiger partial charge in [0.15, 0.2) is 0 Å². The molecule has 0 aliphatic heterocycles. The van der Waals surface area contributed by atoms with Crippen molar-refractivity contribution in [2.24, 2.45) is 0 Å². The summed E-state index contributed by atoms with van der Waals surface area (Å²) in [6.07, 6.45) is 17.1. The summed E-state index contributed by atoms with van der Waals surface area (Å²) >= 11 is 0. The number of hydrogen-bond acceptors (Lipinski definition) is 1. The van der Waals surface area contributed by atoms with Crippen molar-refractivity contribution in [3.63, 3.8) is 0 Å². The summed E-state index contributed by atoms with van der Waals surface area (Å²) in [5.74, 6) is 0. The van der Waals surface area contributed by atoms with Gasteiger partial charge in [0, 0.05) is 12.1 Å². The van der Waals surface area contributed by atoms with Crippen molar-refractivity contribution in [1.82, 2.24) is 4.90 Å². The van der Waals surface area contributed by atoms with Crippen molar-refractivity contribution in [3.8, 4) is 0 Å². The van der Waals surface area contributed by atoms with Crippen LogP contribution in [-0.2, 0) is 0 Å². The fourth-order valence-corrected chi connectivity index (χ4v) is 3.78. The van der Waals surface area contributed by atoms with Gasteiger partial charge in [-0.15, -0.1) is 0 Å². The number of unbranched alkanes of at least 4 members (excludes halogenated alkanes) is 1. The molecule has 0 atom stereocenters. The second-order valence-electron chi connectivity index (χ2n) is 6.03. The van der Waals surface area contributed by atoms with E-state index in [0.717, 1.165) is 18.5 Å². The first-order valence-electron chi connectivity index (χ1n) is 7.97. The molecule has 2 saturated carbocycles. The summed E-state index contributed by atoms with van der Waals surface area (Å²) in [5.41, 5.74) is 0. The Hall–Kier alpha value is 0.557. The summed E-state index contributed by atoms with van der Waals surface area (Å²) in [6.45, 7) is 5.34. The van der Waals surface area contributed by atoms with Crippen molar-refractivity contribution in [1.29, 1.82) is 0 Å². The second kappa shape index (κ2) is 9.46. The summed E-state index contributed by atoms with van der Waals surface area (Å²) in [5, 5.41) is 0. The molecule has 2 fully saturated rings. The van der Waals surface area contributed by atoms with Crippen LogP contribution in [0.4, 0.5) is 0 Å². The van der Waals surface area contributed by atoms with Crippen LogP contribution in [0.3, 0.4) is 0 Å². The van der Waals surface area contributed by atoms with Crippen LogP contribution in [0.5, 0.6) is 0 Å². The average molecular weight is 244 g/mol. The zero-order valence-electron chi connectivity index (χ0n) is 11.5. The maximum atomic E-state index is 4.02. The van der Waals surface area contributed by atoms with Crippen molar-refractivity contribution in [2.75, 3.05) is 6.54 Å². The molecule has 1 nitrogen and oxygen atoms in total. The molecule has 0 saturated heterocycles. The van der Waals surface area contributed by atoms with Crippen molar-refractivity contribution in [2.45, 2.75) is 89.1 Å². The Bertz CT molecular complexity index is 177. The summed E-state index contributed by atoms with van der Waals surface area (Å²) in [6, 6.07) is 1.83. The van der Waals surface area contributed by atoms with Gasteiger partial charge in [-0.25, -0.2) is 0 Å². The van der Waals surface area contributed by atoms with Crippen LogP contribution < -0.4 is 0 Å². The molecule has 0 spiro atoms. The first-order valence-corrected chi connectivity index (χ1v) is 7.97. The van der Waals surface area contributed by atoms with Crippen LogP contribution in [0.2, 0.25) is 0 Å². The van der Waals surface area contributed by atoms with Gasteiger partial charge in [0.05, 0.1) is 0 Å². The average Bonchev–Trinajstić information content (AvgIpc) is 2.42. The molecular formula is C16H31LiN. The van der Waals surface area contributed by atoms with Crippen molar-refractivity contribution < 1.29 is 0 Å². The van der Waals surface area contributed by atoms with Gasteiger partial charge in [-0.3, -0.25) is 4.90 Å². The topological polar surface area (TPSA) is 3.24 Å². The molecule has 2 heteroatoms. The zero-order chi connectivity index (χ0) is 11.9. The second-order valence-corrected chi connectivity index (χ2v) is 6.03. The normalized spacial score (nSPS) is 23.0. The van der Waals surface area contributed by atoms with E-state index in [0.29, 0.717) is 0 Å². The minimum atomic E-state index is 0. The van der Waals surface area contributed by atoms with Gasteiger partial charge < -0.3 is 0 Å². The Morgan fingerprint density at radius 3 is 1.61 bits per heavy atom. The molecular weight excluding hydrogens is 213 g/mol. The van der Waals surface area contributed by atoms with Gasteiger partial charge >= 0.3 is 18.9 Å². The fraction of sp³-hybridized carbons (Fsp3) is 0.938. The van der Waals surface area contributed by atoms with Gasteiger partial charge in [0.2, 0.25) is 0 Å². The van der Waals surface area contributed by atoms with Crippen LogP contribution in [0, 0.1) is 6.92 Å². The van der Waals surface area contributed by atoms with Gasteiger partial charge in [0.1, 0.15) is 0 Å². The first kappa shape index (κ1) is 16.6. The molecule has 2 aliphatic rings. The van der Waals surface area contributed by atoms with E-state index in [1.807, 2.05) is 0 Å². The Labute approximate surface area is 126 Å². The van der Waals surface area contributed by atoms with E-state index < -0.39 is 0 Å². The molecule has 101 valence electrons. The molecule has 0 N–H and O–H groups in total. The van der Waals surface area contributed by atoms with E-state index in [-0.39, 0.29) is 18.9 Å². The van der Waals surface area contributed by atoms with Gasteiger partial charge in [-0.05, 0) is 38.6 Å². The molecule has 2 rings (SSSR count). The molecule has 0 heterocycles. The molecule has 0 aromatic rings. The Kier molecular flexibility index (Phi) is 8.73. The third kappa shape index (κ3) is 4.91. The third-order valence-corrected chi connectivity index (χ3v) is 4.75. The molecule has 1 radical (unpaired) electrons. The SMILES string of the molecule is [CH2]CCCN(C1CCCCC1)C1CCCCC1.[LiH]. The van der Waals surface area contributed by atoms with Gasteiger partial charge in [-0.1, -0.05) is 51.9 Å². The van der Waals surface area contributed by atoms with E-state index in [9.17, 15) is 0 Å². The standard InChI is InChI=1S/C16H30N.Li.H/c1-2-3-14-17(15-10-6-4-7-11-15)16-12-8-5-9-13-16;;/h15-16H,1-14H2;;. The molecule has 2 aliphatic carbocycles. The summed E-state index contributed by atoms with van der Waals surface area (Å²) in [7, 11) is 0. The monoisotopic (exact) mass is 244 g/mol. The molecule has 0 bridgehead atoms. The Balaban J connectivity index is 0.00000162. The van der Waals surface area contributed by atoms with Crippen LogP contribution >= 0.6 is 0 Å². The molecule has 0 amide bonds. The van der Waals surface area contributed by atoms with E-state index >= 15 is 0 Å². The Morgan fingerprint density at radius 2 is 1.22 bits per heavy atom. The molecule has 18 heavy (non-hydrogen) atoms. The van der Waals surface area contributed by atoms with Crippen LogP contribution in [-0.4, -0.2) is 42.4 Å². The van der Waals surface area contributed by atoms with E-state index in [2.05, 4.69) is 11.8 Å². The number of nitrogens with zero attached hydrogens (tertiary/aromatic N) is 1. The minimum absolute atomic E-state index is 0. The Morgan fingerprint density at radius 1 is 0.778 bits per heavy atom. The fourth-order valence-electron chi connectivity index (χ4n) is 3.78. The van der Waals surface area contributed by atoms with Crippen LogP contribution in [0.1, 0.15) is 77.0 Å². The van der Waals surface area contributed by atoms with Crippen molar-refractivity contribution in [3.05, 3.63) is 6.92 Å². The molecule has 0 aromatic heterocycles. The van der Waals surface area contributed by atoms with Crippen LogP contribution in [0.15, 0.2) is 0 Å². The number of hydrogen-bond donors (Lipinski definition) is 0. The molecule has 0 aromatic carbocycles. The predicted octanol–water partition coefficient (Wildman–Crippen LogP) is 3.92. The molecule has 0 unspecified atom stereocenters. The zero-order valence-corrected chi connectivity index (χ0v) is 11.5. The van der Waals surface area contributed by atoms with E-state index in [4.69, 9.17) is 0 Å². The third-order valence-electron chi connectivity index (χ3n) is 4.75.